The highest BCUT2D eigenvalue weighted by molar-refractivity contribution is 6.30. The van der Waals surface area contributed by atoms with Crippen molar-refractivity contribution in [2.45, 2.75) is 32.0 Å². The lowest BCUT2D eigenvalue weighted by Gasteiger charge is -2.22. The summed E-state index contributed by atoms with van der Waals surface area (Å²) in [6.45, 7) is 1.96. The van der Waals surface area contributed by atoms with Gasteiger partial charge in [-0.05, 0) is 42.2 Å². The average molecular weight is 273 g/mol. The smallest absolute Gasteiger partial charge is 0.0406 e. The Balaban J connectivity index is 1.69. The maximum Gasteiger partial charge on any atom is 0.0406 e. The molecule has 1 aromatic carbocycles. The lowest BCUT2D eigenvalue weighted by Crippen LogP contribution is -2.25. The number of halogens is 1. The van der Waals surface area contributed by atoms with Crippen LogP contribution in [0, 0.1) is 0 Å². The van der Waals surface area contributed by atoms with Crippen molar-refractivity contribution in [3.05, 3.63) is 64.9 Å². The molecule has 0 aliphatic heterocycles. The van der Waals surface area contributed by atoms with E-state index in [1.54, 1.807) is 0 Å². The van der Waals surface area contributed by atoms with Crippen molar-refractivity contribution in [2.75, 3.05) is 0 Å². The monoisotopic (exact) mass is 272 g/mol. The summed E-state index contributed by atoms with van der Waals surface area (Å²) in [4.78, 5) is 6.72. The summed E-state index contributed by atoms with van der Waals surface area (Å²) in [5.41, 5.74) is 2.60. The molecular weight excluding hydrogens is 256 g/mol. The predicted molar refractivity (Wildman–Crippen MR) is 78.0 cm³/mol. The first-order chi connectivity index (χ1) is 9.31. The summed E-state index contributed by atoms with van der Waals surface area (Å²) in [5.74, 6) is 0. The van der Waals surface area contributed by atoms with Gasteiger partial charge in [-0.1, -0.05) is 29.8 Å². The third-order valence-corrected chi connectivity index (χ3v) is 3.72. The lowest BCUT2D eigenvalue weighted by molar-refractivity contribution is 0.245. The summed E-state index contributed by atoms with van der Waals surface area (Å²) >= 11 is 5.93. The van der Waals surface area contributed by atoms with Gasteiger partial charge in [-0.25, -0.2) is 0 Å². The van der Waals surface area contributed by atoms with Crippen LogP contribution in [0.3, 0.4) is 0 Å². The Morgan fingerprint density at radius 1 is 1.05 bits per heavy atom. The van der Waals surface area contributed by atoms with Crippen LogP contribution in [0.25, 0.3) is 0 Å². The van der Waals surface area contributed by atoms with E-state index in [1.807, 2.05) is 30.6 Å². The zero-order valence-corrected chi connectivity index (χ0v) is 11.6. The molecule has 0 atom stereocenters. The van der Waals surface area contributed by atoms with Crippen LogP contribution in [0.4, 0.5) is 0 Å². The van der Waals surface area contributed by atoms with Crippen molar-refractivity contribution in [1.82, 2.24) is 9.88 Å². The molecule has 3 rings (SSSR count). The first-order valence-electron chi connectivity index (χ1n) is 6.69. The minimum atomic E-state index is 0.732. The van der Waals surface area contributed by atoms with Crippen LogP contribution in [0.2, 0.25) is 5.02 Å². The molecule has 19 heavy (non-hydrogen) atoms. The number of hydrogen-bond acceptors (Lipinski definition) is 2. The molecule has 1 aromatic heterocycles. The van der Waals surface area contributed by atoms with Gasteiger partial charge in [-0.2, -0.15) is 0 Å². The van der Waals surface area contributed by atoms with E-state index >= 15 is 0 Å². The Labute approximate surface area is 119 Å². The molecule has 0 spiro atoms. The lowest BCUT2D eigenvalue weighted by atomic mass is 10.2. The van der Waals surface area contributed by atoms with E-state index in [0.717, 1.165) is 24.2 Å². The second kappa shape index (κ2) is 5.72. The van der Waals surface area contributed by atoms with E-state index in [-0.39, 0.29) is 0 Å². The zero-order valence-electron chi connectivity index (χ0n) is 10.8. The topological polar surface area (TPSA) is 16.1 Å². The maximum atomic E-state index is 5.93. The molecule has 0 amide bonds. The first kappa shape index (κ1) is 12.6. The van der Waals surface area contributed by atoms with E-state index in [4.69, 9.17) is 11.6 Å². The summed E-state index contributed by atoms with van der Waals surface area (Å²) in [6, 6.07) is 13.0. The third kappa shape index (κ3) is 3.55. The molecule has 0 N–H and O–H groups in total. The third-order valence-electron chi connectivity index (χ3n) is 3.47. The molecule has 0 radical (unpaired) electrons. The van der Waals surface area contributed by atoms with Gasteiger partial charge < -0.3 is 0 Å². The van der Waals surface area contributed by atoms with E-state index in [1.165, 1.54) is 24.0 Å². The molecule has 0 saturated heterocycles. The standard InChI is InChI=1S/C16H17ClN2/c17-15-5-3-13(4-6-15)11-19(16-7-8-16)12-14-2-1-9-18-10-14/h1-6,9-10,16H,7-8,11-12H2. The summed E-state index contributed by atoms with van der Waals surface area (Å²) in [7, 11) is 0. The molecule has 1 aliphatic carbocycles. The van der Waals surface area contributed by atoms with Gasteiger partial charge in [0.15, 0.2) is 0 Å². The summed E-state index contributed by atoms with van der Waals surface area (Å²) in [5, 5.41) is 0.800. The molecule has 2 aromatic rings. The van der Waals surface area contributed by atoms with Crippen molar-refractivity contribution in [3.63, 3.8) is 0 Å². The number of aromatic nitrogens is 1. The predicted octanol–water partition coefficient (Wildman–Crippen LogP) is 3.90. The number of nitrogens with zero attached hydrogens (tertiary/aromatic N) is 2. The second-order valence-corrected chi connectivity index (χ2v) is 5.56. The van der Waals surface area contributed by atoms with Gasteiger partial charge in [0.05, 0.1) is 0 Å². The van der Waals surface area contributed by atoms with Crippen molar-refractivity contribution in [2.24, 2.45) is 0 Å². The van der Waals surface area contributed by atoms with Crippen LogP contribution >= 0.6 is 11.6 Å². The fourth-order valence-electron chi connectivity index (χ4n) is 2.30. The van der Waals surface area contributed by atoms with Gasteiger partial charge in [0.1, 0.15) is 0 Å². The number of benzene rings is 1. The molecule has 1 aliphatic rings. The van der Waals surface area contributed by atoms with Crippen molar-refractivity contribution in [3.8, 4) is 0 Å². The van der Waals surface area contributed by atoms with Crippen LogP contribution in [0.15, 0.2) is 48.8 Å². The Bertz CT molecular complexity index is 520. The Morgan fingerprint density at radius 3 is 2.42 bits per heavy atom. The molecule has 98 valence electrons. The molecule has 0 unspecified atom stereocenters. The first-order valence-corrected chi connectivity index (χ1v) is 7.06. The van der Waals surface area contributed by atoms with Gasteiger partial charge in [0.2, 0.25) is 0 Å². The van der Waals surface area contributed by atoms with Crippen molar-refractivity contribution < 1.29 is 0 Å². The van der Waals surface area contributed by atoms with Crippen LogP contribution in [0.5, 0.6) is 0 Å². The molecule has 2 nitrogen and oxygen atoms in total. The van der Waals surface area contributed by atoms with E-state index < -0.39 is 0 Å². The van der Waals surface area contributed by atoms with Gasteiger partial charge in [-0.3, -0.25) is 9.88 Å². The highest BCUT2D eigenvalue weighted by Crippen LogP contribution is 2.29. The van der Waals surface area contributed by atoms with Crippen LogP contribution < -0.4 is 0 Å². The minimum absolute atomic E-state index is 0.732. The fraction of sp³-hybridized carbons (Fsp3) is 0.312. The van der Waals surface area contributed by atoms with Gasteiger partial charge >= 0.3 is 0 Å². The highest BCUT2D eigenvalue weighted by atomic mass is 35.5. The van der Waals surface area contributed by atoms with Crippen LogP contribution in [-0.2, 0) is 13.1 Å². The molecule has 1 heterocycles. The van der Waals surface area contributed by atoms with E-state index in [2.05, 4.69) is 28.1 Å². The van der Waals surface area contributed by atoms with Crippen molar-refractivity contribution >= 4 is 11.6 Å². The SMILES string of the molecule is Clc1ccc(CN(Cc2cccnc2)C2CC2)cc1. The van der Waals surface area contributed by atoms with Crippen LogP contribution in [0.1, 0.15) is 24.0 Å². The van der Waals surface area contributed by atoms with Crippen molar-refractivity contribution in [1.29, 1.82) is 0 Å². The van der Waals surface area contributed by atoms with Gasteiger partial charge in [-0.15, -0.1) is 0 Å². The Hall–Kier alpha value is -1.38. The quantitative estimate of drug-likeness (QED) is 0.821. The number of pyridine rings is 1. The van der Waals surface area contributed by atoms with E-state index in [0.29, 0.717) is 0 Å². The van der Waals surface area contributed by atoms with Gasteiger partial charge in [0, 0.05) is 36.5 Å². The molecular formula is C16H17ClN2. The molecule has 0 bridgehead atoms. The number of hydrogen-bond donors (Lipinski definition) is 0. The van der Waals surface area contributed by atoms with E-state index in [9.17, 15) is 0 Å². The average Bonchev–Trinajstić information content (AvgIpc) is 3.26. The van der Waals surface area contributed by atoms with Crippen LogP contribution in [-0.4, -0.2) is 15.9 Å². The maximum absolute atomic E-state index is 5.93. The second-order valence-electron chi connectivity index (χ2n) is 5.12. The highest BCUT2D eigenvalue weighted by Gasteiger charge is 2.28. The molecule has 3 heteroatoms. The fourth-order valence-corrected chi connectivity index (χ4v) is 2.43. The summed E-state index contributed by atoms with van der Waals surface area (Å²) < 4.78 is 0. The summed E-state index contributed by atoms with van der Waals surface area (Å²) in [6.07, 6.45) is 6.41. The van der Waals surface area contributed by atoms with Gasteiger partial charge in [0.25, 0.3) is 0 Å². The Kier molecular flexibility index (Phi) is 3.81. The molecule has 1 fully saturated rings. The zero-order chi connectivity index (χ0) is 13.1. The molecule has 1 saturated carbocycles. The Morgan fingerprint density at radius 2 is 1.79 bits per heavy atom. The largest absolute Gasteiger partial charge is 0.292 e. The normalized spacial score (nSPS) is 14.8. The number of rotatable bonds is 5. The minimum Gasteiger partial charge on any atom is -0.292 e.